The van der Waals surface area contributed by atoms with Crippen LogP contribution >= 0.6 is 11.6 Å². The van der Waals surface area contributed by atoms with Crippen LogP contribution in [0.2, 0.25) is 5.02 Å². The Balaban J connectivity index is 3.20. The molecule has 0 bridgehead atoms. The first-order valence-electron chi connectivity index (χ1n) is 4.44. The number of halogens is 4. The first-order valence-corrected chi connectivity index (χ1v) is 4.82. The molecule has 0 aliphatic carbocycles. The Labute approximate surface area is 96.6 Å². The second-order valence-electron chi connectivity index (χ2n) is 3.19. The zero-order valence-corrected chi connectivity index (χ0v) is 9.15. The molecule has 1 aromatic carbocycles. The molecule has 1 nitrogen and oxygen atoms in total. The van der Waals surface area contributed by atoms with Crippen molar-refractivity contribution in [2.75, 3.05) is 5.32 Å². The average molecular weight is 248 g/mol. The SMILES string of the molecule is C#CC(C)Nc1c(Cl)cccc1C(F)(F)F. The highest BCUT2D eigenvalue weighted by Gasteiger charge is 2.34. The number of hydrogen-bond donors (Lipinski definition) is 1. The topological polar surface area (TPSA) is 12.0 Å². The van der Waals surface area contributed by atoms with E-state index in [1.807, 2.05) is 0 Å². The van der Waals surface area contributed by atoms with E-state index >= 15 is 0 Å². The van der Waals surface area contributed by atoms with Gasteiger partial charge in [0.15, 0.2) is 0 Å². The van der Waals surface area contributed by atoms with Crippen molar-refractivity contribution in [1.29, 1.82) is 0 Å². The smallest absolute Gasteiger partial charge is 0.370 e. The summed E-state index contributed by atoms with van der Waals surface area (Å²) in [6, 6.07) is 3.05. The van der Waals surface area contributed by atoms with Crippen LogP contribution in [0, 0.1) is 12.3 Å². The summed E-state index contributed by atoms with van der Waals surface area (Å²) in [7, 11) is 0. The van der Waals surface area contributed by atoms with Gasteiger partial charge in [-0.15, -0.1) is 6.42 Å². The number of benzene rings is 1. The van der Waals surface area contributed by atoms with Crippen molar-refractivity contribution in [3.63, 3.8) is 0 Å². The lowest BCUT2D eigenvalue weighted by atomic mass is 10.1. The molecular weight excluding hydrogens is 239 g/mol. The van der Waals surface area contributed by atoms with E-state index < -0.39 is 17.8 Å². The summed E-state index contributed by atoms with van der Waals surface area (Å²) in [6.45, 7) is 1.57. The lowest BCUT2D eigenvalue weighted by Crippen LogP contribution is -2.17. The number of para-hydroxylation sites is 1. The Hall–Kier alpha value is -1.34. The Morgan fingerprint density at radius 2 is 2.06 bits per heavy atom. The van der Waals surface area contributed by atoms with Crippen LogP contribution in [0.5, 0.6) is 0 Å². The number of anilines is 1. The molecule has 0 fully saturated rings. The highest BCUT2D eigenvalue weighted by atomic mass is 35.5. The third-order valence-corrected chi connectivity index (χ3v) is 2.24. The molecule has 86 valence electrons. The molecule has 0 saturated carbocycles. The number of alkyl halides is 3. The number of terminal acetylenes is 1. The molecule has 1 rings (SSSR count). The fourth-order valence-electron chi connectivity index (χ4n) is 1.17. The van der Waals surface area contributed by atoms with Gasteiger partial charge in [-0.05, 0) is 19.1 Å². The van der Waals surface area contributed by atoms with Crippen LogP contribution in [-0.2, 0) is 6.18 Å². The molecule has 0 spiro atoms. The van der Waals surface area contributed by atoms with Crippen LogP contribution in [0.25, 0.3) is 0 Å². The van der Waals surface area contributed by atoms with Crippen LogP contribution in [-0.4, -0.2) is 6.04 Å². The van der Waals surface area contributed by atoms with Gasteiger partial charge in [0, 0.05) is 0 Å². The Morgan fingerprint density at radius 1 is 1.44 bits per heavy atom. The largest absolute Gasteiger partial charge is 0.418 e. The second-order valence-corrected chi connectivity index (χ2v) is 3.60. The van der Waals surface area contributed by atoms with Gasteiger partial charge in [-0.3, -0.25) is 0 Å². The third kappa shape index (κ3) is 2.83. The van der Waals surface area contributed by atoms with Gasteiger partial charge in [0.05, 0.1) is 22.3 Å². The van der Waals surface area contributed by atoms with E-state index in [1.165, 1.54) is 12.1 Å². The molecule has 5 heteroatoms. The van der Waals surface area contributed by atoms with Crippen molar-refractivity contribution >= 4 is 17.3 Å². The quantitative estimate of drug-likeness (QED) is 0.784. The molecule has 1 atom stereocenters. The fraction of sp³-hybridized carbons (Fsp3) is 0.273. The van der Waals surface area contributed by atoms with Gasteiger partial charge in [-0.2, -0.15) is 13.2 Å². The van der Waals surface area contributed by atoms with Crippen molar-refractivity contribution in [3.05, 3.63) is 28.8 Å². The Kier molecular flexibility index (Phi) is 3.71. The van der Waals surface area contributed by atoms with E-state index in [1.54, 1.807) is 6.92 Å². The summed E-state index contributed by atoms with van der Waals surface area (Å²) in [5.41, 5.74) is -0.996. The molecule has 1 unspecified atom stereocenters. The number of nitrogens with one attached hydrogen (secondary N) is 1. The zero-order chi connectivity index (χ0) is 12.3. The van der Waals surface area contributed by atoms with Crippen molar-refractivity contribution in [3.8, 4) is 12.3 Å². The van der Waals surface area contributed by atoms with Crippen molar-refractivity contribution < 1.29 is 13.2 Å². The van der Waals surface area contributed by atoms with Crippen LogP contribution in [0.3, 0.4) is 0 Å². The lowest BCUT2D eigenvalue weighted by molar-refractivity contribution is -0.136. The molecule has 0 amide bonds. The summed E-state index contributed by atoms with van der Waals surface area (Å²) in [4.78, 5) is 0. The average Bonchev–Trinajstić information content (AvgIpc) is 2.19. The maximum Gasteiger partial charge on any atom is 0.418 e. The Morgan fingerprint density at radius 3 is 2.56 bits per heavy atom. The predicted octanol–water partition coefficient (Wildman–Crippen LogP) is 3.79. The van der Waals surface area contributed by atoms with Gasteiger partial charge in [-0.1, -0.05) is 23.6 Å². The van der Waals surface area contributed by atoms with E-state index in [9.17, 15) is 13.2 Å². The summed E-state index contributed by atoms with van der Waals surface area (Å²) < 4.78 is 37.9. The van der Waals surface area contributed by atoms with Crippen LogP contribution in [0.4, 0.5) is 18.9 Å². The maximum absolute atomic E-state index is 12.6. The zero-order valence-electron chi connectivity index (χ0n) is 8.40. The van der Waals surface area contributed by atoms with Gasteiger partial charge in [0.1, 0.15) is 0 Å². The molecule has 16 heavy (non-hydrogen) atoms. The van der Waals surface area contributed by atoms with E-state index in [4.69, 9.17) is 18.0 Å². The predicted molar refractivity (Wildman–Crippen MR) is 58.4 cm³/mol. The first kappa shape index (κ1) is 12.7. The molecule has 0 aliphatic rings. The van der Waals surface area contributed by atoms with E-state index in [-0.39, 0.29) is 10.7 Å². The minimum atomic E-state index is -4.46. The number of rotatable bonds is 2. The second kappa shape index (κ2) is 4.67. The van der Waals surface area contributed by atoms with E-state index in [0.29, 0.717) is 0 Å². The minimum absolute atomic E-state index is 0.00285. The van der Waals surface area contributed by atoms with Crippen LogP contribution < -0.4 is 5.32 Å². The molecule has 0 heterocycles. The van der Waals surface area contributed by atoms with E-state index in [2.05, 4.69) is 11.2 Å². The van der Waals surface area contributed by atoms with Gasteiger partial charge in [0.2, 0.25) is 0 Å². The summed E-state index contributed by atoms with van der Waals surface area (Å²) in [5, 5.41) is 2.54. The normalized spacial score (nSPS) is 13.0. The highest BCUT2D eigenvalue weighted by molar-refractivity contribution is 6.33. The lowest BCUT2D eigenvalue weighted by Gasteiger charge is -2.17. The van der Waals surface area contributed by atoms with Crippen molar-refractivity contribution in [1.82, 2.24) is 0 Å². The molecular formula is C11H9ClF3N. The van der Waals surface area contributed by atoms with E-state index in [0.717, 1.165) is 6.07 Å². The summed E-state index contributed by atoms with van der Waals surface area (Å²) >= 11 is 5.71. The molecule has 0 aromatic heterocycles. The van der Waals surface area contributed by atoms with Crippen molar-refractivity contribution in [2.24, 2.45) is 0 Å². The van der Waals surface area contributed by atoms with Gasteiger partial charge >= 0.3 is 6.18 Å². The maximum atomic E-state index is 12.6. The molecule has 1 aromatic rings. The van der Waals surface area contributed by atoms with Crippen molar-refractivity contribution in [2.45, 2.75) is 19.1 Å². The highest BCUT2D eigenvalue weighted by Crippen LogP contribution is 2.38. The molecule has 0 saturated heterocycles. The fourth-order valence-corrected chi connectivity index (χ4v) is 1.39. The molecule has 1 N–H and O–H groups in total. The first-order chi connectivity index (χ1) is 7.36. The summed E-state index contributed by atoms with van der Waals surface area (Å²) in [6.07, 6.45) is 0.635. The standard InChI is InChI=1S/C11H9ClF3N/c1-3-7(2)16-10-8(11(13,14)15)5-4-6-9(10)12/h1,4-7,16H,2H3. The van der Waals surface area contributed by atoms with Crippen LogP contribution in [0.15, 0.2) is 18.2 Å². The molecule has 0 radical (unpaired) electrons. The monoisotopic (exact) mass is 247 g/mol. The van der Waals surface area contributed by atoms with Crippen LogP contribution in [0.1, 0.15) is 12.5 Å². The third-order valence-electron chi connectivity index (χ3n) is 1.93. The minimum Gasteiger partial charge on any atom is -0.370 e. The van der Waals surface area contributed by atoms with Gasteiger partial charge in [-0.25, -0.2) is 0 Å². The van der Waals surface area contributed by atoms with Gasteiger partial charge < -0.3 is 5.32 Å². The Bertz CT molecular complexity index is 420. The molecule has 0 aliphatic heterocycles. The van der Waals surface area contributed by atoms with Gasteiger partial charge in [0.25, 0.3) is 0 Å². The summed E-state index contributed by atoms with van der Waals surface area (Å²) in [5.74, 6) is 2.28. The number of hydrogen-bond acceptors (Lipinski definition) is 1.